The van der Waals surface area contributed by atoms with E-state index in [1.54, 1.807) is 12.1 Å². The molecule has 5 heteroatoms. The summed E-state index contributed by atoms with van der Waals surface area (Å²) in [6, 6.07) is 13.7. The average molecular weight is 300 g/mol. The summed E-state index contributed by atoms with van der Waals surface area (Å²) in [7, 11) is 0. The van der Waals surface area contributed by atoms with E-state index in [-0.39, 0.29) is 18.0 Å². The molecule has 0 aliphatic carbocycles. The summed E-state index contributed by atoms with van der Waals surface area (Å²) in [5.41, 5.74) is 2.02. The van der Waals surface area contributed by atoms with Gasteiger partial charge in [-0.2, -0.15) is 0 Å². The Balaban J connectivity index is 1.41. The highest BCUT2D eigenvalue weighted by Crippen LogP contribution is 2.27. The number of para-hydroxylation sites is 1. The zero-order valence-corrected chi connectivity index (χ0v) is 12.0. The van der Waals surface area contributed by atoms with Crippen LogP contribution in [0.3, 0.4) is 0 Å². The van der Waals surface area contributed by atoms with E-state index in [1.807, 2.05) is 24.3 Å². The van der Waals surface area contributed by atoms with Crippen LogP contribution in [-0.2, 0) is 13.0 Å². The Morgan fingerprint density at radius 3 is 2.68 bits per heavy atom. The van der Waals surface area contributed by atoms with Crippen LogP contribution in [0.5, 0.6) is 5.75 Å². The first-order chi connectivity index (χ1) is 10.7. The van der Waals surface area contributed by atoms with Crippen LogP contribution in [0.2, 0.25) is 0 Å². The van der Waals surface area contributed by atoms with Crippen molar-refractivity contribution < 1.29 is 13.9 Å². The van der Waals surface area contributed by atoms with Crippen molar-refractivity contribution in [1.82, 2.24) is 10.6 Å². The van der Waals surface area contributed by atoms with Crippen LogP contribution in [0.1, 0.15) is 11.1 Å². The van der Waals surface area contributed by atoms with Crippen LogP contribution in [0.25, 0.3) is 0 Å². The van der Waals surface area contributed by atoms with E-state index in [9.17, 15) is 9.18 Å². The molecule has 0 saturated carbocycles. The lowest BCUT2D eigenvalue weighted by atomic mass is 10.1. The van der Waals surface area contributed by atoms with Crippen molar-refractivity contribution in [3.8, 4) is 5.75 Å². The number of amides is 2. The summed E-state index contributed by atoms with van der Waals surface area (Å²) in [5.74, 6) is 0.604. The Morgan fingerprint density at radius 2 is 1.91 bits per heavy atom. The Morgan fingerprint density at radius 1 is 1.14 bits per heavy atom. The molecule has 2 amide bonds. The molecule has 0 spiro atoms. The average Bonchev–Trinajstić information content (AvgIpc) is 2.95. The van der Waals surface area contributed by atoms with Gasteiger partial charge >= 0.3 is 6.03 Å². The smallest absolute Gasteiger partial charge is 0.315 e. The first-order valence-corrected chi connectivity index (χ1v) is 7.21. The Labute approximate surface area is 128 Å². The highest BCUT2D eigenvalue weighted by Gasteiger charge is 2.22. The maximum Gasteiger partial charge on any atom is 0.315 e. The van der Waals surface area contributed by atoms with E-state index >= 15 is 0 Å². The molecule has 0 radical (unpaired) electrons. The summed E-state index contributed by atoms with van der Waals surface area (Å²) < 4.78 is 18.5. The van der Waals surface area contributed by atoms with E-state index in [4.69, 9.17) is 4.74 Å². The zero-order valence-electron chi connectivity index (χ0n) is 12.0. The third kappa shape index (κ3) is 3.55. The summed E-state index contributed by atoms with van der Waals surface area (Å²) in [6.45, 7) is 0.807. The molecule has 1 aliphatic rings. The van der Waals surface area contributed by atoms with Gasteiger partial charge in [-0.25, -0.2) is 9.18 Å². The molecule has 0 aromatic heterocycles. The van der Waals surface area contributed by atoms with E-state index in [2.05, 4.69) is 10.6 Å². The molecule has 0 bridgehead atoms. The quantitative estimate of drug-likeness (QED) is 0.912. The van der Waals surface area contributed by atoms with E-state index in [1.165, 1.54) is 17.7 Å². The molecule has 2 aromatic rings. The van der Waals surface area contributed by atoms with Crippen LogP contribution in [-0.4, -0.2) is 18.7 Å². The molecule has 22 heavy (non-hydrogen) atoms. The van der Waals surface area contributed by atoms with Crippen LogP contribution in [0, 0.1) is 5.82 Å². The van der Waals surface area contributed by atoms with E-state index in [0.717, 1.165) is 17.7 Å². The van der Waals surface area contributed by atoms with E-state index in [0.29, 0.717) is 13.1 Å². The lowest BCUT2D eigenvalue weighted by Gasteiger charge is -2.12. The number of carbonyl (C=O) groups is 1. The third-order valence-electron chi connectivity index (χ3n) is 3.57. The molecule has 2 N–H and O–H groups in total. The van der Waals surface area contributed by atoms with Crippen molar-refractivity contribution in [3.63, 3.8) is 0 Å². The topological polar surface area (TPSA) is 50.4 Å². The number of ether oxygens (including phenoxy) is 1. The lowest BCUT2D eigenvalue weighted by molar-refractivity contribution is 0.214. The summed E-state index contributed by atoms with van der Waals surface area (Å²) in [6.07, 6.45) is 0.767. The van der Waals surface area contributed by atoms with Gasteiger partial charge in [0.15, 0.2) is 0 Å². The minimum Gasteiger partial charge on any atom is -0.488 e. The van der Waals surface area contributed by atoms with Crippen LogP contribution < -0.4 is 15.4 Å². The fourth-order valence-corrected chi connectivity index (χ4v) is 2.42. The van der Waals surface area contributed by atoms with Gasteiger partial charge in [0.25, 0.3) is 0 Å². The van der Waals surface area contributed by atoms with Crippen molar-refractivity contribution in [2.45, 2.75) is 19.1 Å². The molecule has 1 aliphatic heterocycles. The molecule has 114 valence electrons. The first kappa shape index (κ1) is 14.4. The zero-order chi connectivity index (χ0) is 15.4. The molecule has 1 atom stereocenters. The highest BCUT2D eigenvalue weighted by atomic mass is 19.1. The second kappa shape index (κ2) is 6.47. The molecule has 0 saturated heterocycles. The normalized spacial score (nSPS) is 15.8. The first-order valence-electron chi connectivity index (χ1n) is 7.21. The predicted molar refractivity (Wildman–Crippen MR) is 81.2 cm³/mol. The van der Waals surface area contributed by atoms with Gasteiger partial charge in [0.05, 0.1) is 6.54 Å². The number of rotatable bonds is 4. The maximum atomic E-state index is 12.8. The molecule has 0 unspecified atom stereocenters. The van der Waals surface area contributed by atoms with Gasteiger partial charge in [-0.05, 0) is 29.3 Å². The Hall–Kier alpha value is -2.56. The number of urea groups is 1. The van der Waals surface area contributed by atoms with Crippen LogP contribution in [0.15, 0.2) is 48.5 Å². The molecule has 2 aromatic carbocycles. The molecular formula is C17H17FN2O2. The predicted octanol–water partition coefficient (Wildman–Crippen LogP) is 2.63. The molecule has 4 nitrogen and oxygen atoms in total. The van der Waals surface area contributed by atoms with E-state index < -0.39 is 0 Å². The van der Waals surface area contributed by atoms with Crippen molar-refractivity contribution in [2.75, 3.05) is 6.54 Å². The second-order valence-electron chi connectivity index (χ2n) is 5.24. The number of halogens is 1. The Kier molecular flexibility index (Phi) is 4.23. The fraction of sp³-hybridized carbons (Fsp3) is 0.235. The number of carbonyl (C=O) groups excluding carboxylic acids is 1. The standard InChI is InChI=1S/C17H17FN2O2/c18-14-7-5-12(6-8-14)10-19-17(21)20-11-15-9-13-3-1-2-4-16(13)22-15/h1-8,15H,9-11H2,(H2,19,20,21)/t15-/m0/s1. The lowest BCUT2D eigenvalue weighted by Crippen LogP contribution is -2.40. The number of fused-ring (bicyclic) bond motifs is 1. The maximum absolute atomic E-state index is 12.8. The summed E-state index contributed by atoms with van der Waals surface area (Å²) in [4.78, 5) is 11.8. The molecule has 1 heterocycles. The number of benzene rings is 2. The number of nitrogens with one attached hydrogen (secondary N) is 2. The number of hydrogen-bond donors (Lipinski definition) is 2. The molecule has 0 fully saturated rings. The SMILES string of the molecule is O=C(NCc1ccc(F)cc1)NC[C@@H]1Cc2ccccc2O1. The highest BCUT2D eigenvalue weighted by molar-refractivity contribution is 5.73. The van der Waals surface area contributed by atoms with Crippen LogP contribution >= 0.6 is 0 Å². The van der Waals surface area contributed by atoms with Crippen LogP contribution in [0.4, 0.5) is 9.18 Å². The second-order valence-corrected chi connectivity index (χ2v) is 5.24. The minimum atomic E-state index is -0.286. The van der Waals surface area contributed by atoms with Gasteiger partial charge in [-0.1, -0.05) is 30.3 Å². The van der Waals surface area contributed by atoms with Gasteiger partial charge in [-0.15, -0.1) is 0 Å². The van der Waals surface area contributed by atoms with Crippen molar-refractivity contribution in [2.24, 2.45) is 0 Å². The Bertz CT molecular complexity index is 633. The molecular weight excluding hydrogens is 283 g/mol. The summed E-state index contributed by atoms with van der Waals surface area (Å²) >= 11 is 0. The summed E-state index contributed by atoms with van der Waals surface area (Å²) in [5, 5.41) is 5.53. The van der Waals surface area contributed by atoms with Gasteiger partial charge in [0, 0.05) is 13.0 Å². The largest absolute Gasteiger partial charge is 0.488 e. The van der Waals surface area contributed by atoms with Crippen molar-refractivity contribution in [1.29, 1.82) is 0 Å². The van der Waals surface area contributed by atoms with Gasteiger partial charge in [0.2, 0.25) is 0 Å². The molecule has 3 rings (SSSR count). The van der Waals surface area contributed by atoms with Gasteiger partial charge in [0.1, 0.15) is 17.7 Å². The third-order valence-corrected chi connectivity index (χ3v) is 3.57. The van der Waals surface area contributed by atoms with Crippen molar-refractivity contribution in [3.05, 3.63) is 65.5 Å². The monoisotopic (exact) mass is 300 g/mol. The fourth-order valence-electron chi connectivity index (χ4n) is 2.42. The van der Waals surface area contributed by atoms with Gasteiger partial charge in [-0.3, -0.25) is 0 Å². The minimum absolute atomic E-state index is 0.0334. The number of hydrogen-bond acceptors (Lipinski definition) is 2. The van der Waals surface area contributed by atoms with Crippen molar-refractivity contribution >= 4 is 6.03 Å². The van der Waals surface area contributed by atoms with Gasteiger partial charge < -0.3 is 15.4 Å².